The fourth-order valence-electron chi connectivity index (χ4n) is 1.80. The number of hydrogen-bond donors (Lipinski definition) is 1. The predicted molar refractivity (Wildman–Crippen MR) is 82.4 cm³/mol. The topological polar surface area (TPSA) is 53.7 Å². The fraction of sp³-hybridized carbons (Fsp3) is 0.200. The van der Waals surface area contributed by atoms with Gasteiger partial charge >= 0.3 is 0 Å². The van der Waals surface area contributed by atoms with Gasteiger partial charge in [0.25, 0.3) is 0 Å². The maximum Gasteiger partial charge on any atom is 0.161 e. The van der Waals surface area contributed by atoms with E-state index >= 15 is 0 Å². The molecule has 4 nitrogen and oxygen atoms in total. The second-order valence-electron chi connectivity index (χ2n) is 4.28. The normalized spacial score (nSPS) is 10.3. The third-order valence-corrected chi connectivity index (χ3v) is 3.50. The lowest BCUT2D eigenvalue weighted by Crippen LogP contribution is -2.00. The third kappa shape index (κ3) is 3.58. The van der Waals surface area contributed by atoms with Crippen LogP contribution in [0.3, 0.4) is 0 Å². The number of anilines is 1. The van der Waals surface area contributed by atoms with Crippen LogP contribution < -0.4 is 19.9 Å². The molecule has 21 heavy (non-hydrogen) atoms. The minimum Gasteiger partial charge on any atom is -0.493 e. The minimum atomic E-state index is -0.425. The zero-order valence-corrected chi connectivity index (χ0v) is 13.2. The Morgan fingerprint density at radius 3 is 2.43 bits per heavy atom. The molecule has 0 atom stereocenters. The van der Waals surface area contributed by atoms with E-state index in [0.29, 0.717) is 27.4 Å². The molecule has 0 radical (unpaired) electrons. The van der Waals surface area contributed by atoms with Crippen molar-refractivity contribution in [1.29, 1.82) is 0 Å². The van der Waals surface area contributed by atoms with E-state index in [2.05, 4.69) is 15.9 Å². The lowest BCUT2D eigenvalue weighted by atomic mass is 10.2. The standard InChI is InChI=1S/C15H15BrFNO3/c1-19-13-4-3-9(5-15(13)20-2)8-21-14-7-11(17)10(16)6-12(14)18/h3-7H,8,18H2,1-2H3. The first-order chi connectivity index (χ1) is 10.0. The monoisotopic (exact) mass is 355 g/mol. The van der Waals surface area contributed by atoms with E-state index < -0.39 is 5.82 Å². The molecule has 112 valence electrons. The molecule has 0 unspecified atom stereocenters. The summed E-state index contributed by atoms with van der Waals surface area (Å²) < 4.78 is 29.7. The van der Waals surface area contributed by atoms with Crippen LogP contribution >= 0.6 is 15.9 Å². The average molecular weight is 356 g/mol. The van der Waals surface area contributed by atoms with Crippen molar-refractivity contribution in [1.82, 2.24) is 0 Å². The van der Waals surface area contributed by atoms with Crippen LogP contribution in [-0.2, 0) is 6.61 Å². The van der Waals surface area contributed by atoms with Crippen molar-refractivity contribution in [3.05, 3.63) is 46.2 Å². The highest BCUT2D eigenvalue weighted by molar-refractivity contribution is 9.10. The first kappa shape index (κ1) is 15.4. The van der Waals surface area contributed by atoms with E-state index in [1.165, 1.54) is 12.1 Å². The predicted octanol–water partition coefficient (Wildman–Crippen LogP) is 3.77. The van der Waals surface area contributed by atoms with E-state index in [1.807, 2.05) is 6.07 Å². The summed E-state index contributed by atoms with van der Waals surface area (Å²) in [6, 6.07) is 8.14. The summed E-state index contributed by atoms with van der Waals surface area (Å²) in [5, 5.41) is 0. The van der Waals surface area contributed by atoms with Gasteiger partial charge in [-0.25, -0.2) is 4.39 Å². The second-order valence-corrected chi connectivity index (χ2v) is 5.14. The number of halogens is 2. The molecule has 0 saturated heterocycles. The van der Waals surface area contributed by atoms with Gasteiger partial charge in [-0.05, 0) is 39.7 Å². The quantitative estimate of drug-likeness (QED) is 0.829. The highest BCUT2D eigenvalue weighted by Gasteiger charge is 2.09. The highest BCUT2D eigenvalue weighted by atomic mass is 79.9. The molecule has 0 fully saturated rings. The fourth-order valence-corrected chi connectivity index (χ4v) is 2.16. The van der Waals surface area contributed by atoms with Crippen LogP contribution in [-0.4, -0.2) is 14.2 Å². The number of hydrogen-bond acceptors (Lipinski definition) is 4. The highest BCUT2D eigenvalue weighted by Crippen LogP contribution is 2.31. The smallest absolute Gasteiger partial charge is 0.161 e. The van der Waals surface area contributed by atoms with Crippen molar-refractivity contribution < 1.29 is 18.6 Å². The van der Waals surface area contributed by atoms with Crippen molar-refractivity contribution in [2.75, 3.05) is 20.0 Å². The van der Waals surface area contributed by atoms with E-state index in [1.54, 1.807) is 26.4 Å². The molecule has 0 aromatic heterocycles. The Morgan fingerprint density at radius 2 is 1.76 bits per heavy atom. The van der Waals surface area contributed by atoms with Gasteiger partial charge in [-0.3, -0.25) is 0 Å². The van der Waals surface area contributed by atoms with Crippen LogP contribution in [0.5, 0.6) is 17.2 Å². The minimum absolute atomic E-state index is 0.242. The third-order valence-electron chi connectivity index (χ3n) is 2.90. The number of nitrogen functional groups attached to an aromatic ring is 1. The van der Waals surface area contributed by atoms with Crippen LogP contribution in [0.15, 0.2) is 34.8 Å². The van der Waals surface area contributed by atoms with Crippen molar-refractivity contribution >= 4 is 21.6 Å². The maximum absolute atomic E-state index is 13.5. The van der Waals surface area contributed by atoms with Crippen LogP contribution in [0.4, 0.5) is 10.1 Å². The van der Waals surface area contributed by atoms with Crippen LogP contribution in [0, 0.1) is 5.82 Å². The van der Waals surface area contributed by atoms with Gasteiger partial charge in [0, 0.05) is 6.07 Å². The lowest BCUT2D eigenvalue weighted by molar-refractivity contribution is 0.304. The molecule has 2 N–H and O–H groups in total. The Hall–Kier alpha value is -1.95. The van der Waals surface area contributed by atoms with Gasteiger partial charge in [0.05, 0.1) is 24.4 Å². The number of methoxy groups -OCH3 is 2. The Morgan fingerprint density at radius 1 is 1.05 bits per heavy atom. The summed E-state index contributed by atoms with van der Waals surface area (Å²) in [6.45, 7) is 0.242. The maximum atomic E-state index is 13.5. The first-order valence-electron chi connectivity index (χ1n) is 6.13. The number of rotatable bonds is 5. The molecule has 0 amide bonds. The number of nitrogens with two attached hydrogens (primary N) is 1. The second kappa shape index (κ2) is 6.67. The Kier molecular flexibility index (Phi) is 4.90. The van der Waals surface area contributed by atoms with E-state index in [-0.39, 0.29) is 6.61 Å². The van der Waals surface area contributed by atoms with Crippen LogP contribution in [0.1, 0.15) is 5.56 Å². The zero-order chi connectivity index (χ0) is 15.4. The summed E-state index contributed by atoms with van der Waals surface area (Å²) in [7, 11) is 3.13. The number of ether oxygens (including phenoxy) is 3. The van der Waals surface area contributed by atoms with Crippen molar-refractivity contribution in [2.45, 2.75) is 6.61 Å². The molecule has 6 heteroatoms. The van der Waals surface area contributed by atoms with Crippen LogP contribution in [0.2, 0.25) is 0 Å². The average Bonchev–Trinajstić information content (AvgIpc) is 2.49. The van der Waals surface area contributed by atoms with Crippen molar-refractivity contribution in [2.24, 2.45) is 0 Å². The molecule has 2 rings (SSSR count). The van der Waals surface area contributed by atoms with Gasteiger partial charge < -0.3 is 19.9 Å². The Labute approximate surface area is 130 Å². The van der Waals surface area contributed by atoms with Gasteiger partial charge in [0.1, 0.15) is 18.2 Å². The van der Waals surface area contributed by atoms with Gasteiger partial charge in [0.15, 0.2) is 11.5 Å². The summed E-state index contributed by atoms with van der Waals surface area (Å²) in [4.78, 5) is 0. The van der Waals surface area contributed by atoms with E-state index in [9.17, 15) is 4.39 Å². The summed E-state index contributed by atoms with van der Waals surface area (Å²) in [5.74, 6) is 1.11. The SMILES string of the molecule is COc1ccc(COc2cc(F)c(Br)cc2N)cc1OC. The lowest BCUT2D eigenvalue weighted by Gasteiger charge is -2.12. The van der Waals surface area contributed by atoms with Crippen LogP contribution in [0.25, 0.3) is 0 Å². The molecule has 0 aliphatic heterocycles. The number of benzene rings is 2. The Balaban J connectivity index is 2.15. The van der Waals surface area contributed by atoms with Gasteiger partial charge in [-0.1, -0.05) is 6.07 Å². The summed E-state index contributed by atoms with van der Waals surface area (Å²) in [5.41, 5.74) is 7.01. The summed E-state index contributed by atoms with van der Waals surface area (Å²) in [6.07, 6.45) is 0. The van der Waals surface area contributed by atoms with Crippen molar-refractivity contribution in [3.8, 4) is 17.2 Å². The molecule has 0 spiro atoms. The molecule has 2 aromatic carbocycles. The van der Waals surface area contributed by atoms with Gasteiger partial charge in [-0.15, -0.1) is 0 Å². The molecule has 0 aliphatic carbocycles. The van der Waals surface area contributed by atoms with E-state index in [0.717, 1.165) is 5.56 Å². The van der Waals surface area contributed by atoms with Gasteiger partial charge in [0.2, 0.25) is 0 Å². The molecular weight excluding hydrogens is 341 g/mol. The first-order valence-corrected chi connectivity index (χ1v) is 6.92. The molecule has 0 aliphatic rings. The molecule has 0 saturated carbocycles. The molecule has 2 aromatic rings. The van der Waals surface area contributed by atoms with Gasteiger partial charge in [-0.2, -0.15) is 0 Å². The largest absolute Gasteiger partial charge is 0.493 e. The molecule has 0 bridgehead atoms. The summed E-state index contributed by atoms with van der Waals surface area (Å²) >= 11 is 3.07. The van der Waals surface area contributed by atoms with Crippen molar-refractivity contribution in [3.63, 3.8) is 0 Å². The van der Waals surface area contributed by atoms with E-state index in [4.69, 9.17) is 19.9 Å². The Bertz CT molecular complexity index is 649. The molecule has 0 heterocycles. The zero-order valence-electron chi connectivity index (χ0n) is 11.7. The molecular formula is C15H15BrFNO3.